The van der Waals surface area contributed by atoms with Crippen molar-refractivity contribution in [2.24, 2.45) is 0 Å². The number of hydrogen-bond donors (Lipinski definition) is 2. The molecule has 1 aromatic rings. The highest BCUT2D eigenvalue weighted by atomic mass is 16.6. The van der Waals surface area contributed by atoms with Gasteiger partial charge in [-0.3, -0.25) is 4.79 Å². The summed E-state index contributed by atoms with van der Waals surface area (Å²) in [7, 11) is 4.01. The Labute approximate surface area is 184 Å². The van der Waals surface area contributed by atoms with E-state index >= 15 is 0 Å². The van der Waals surface area contributed by atoms with Crippen molar-refractivity contribution in [3.63, 3.8) is 0 Å². The van der Waals surface area contributed by atoms with E-state index < -0.39 is 5.60 Å². The van der Waals surface area contributed by atoms with E-state index in [1.165, 1.54) is 5.56 Å². The fourth-order valence-electron chi connectivity index (χ4n) is 6.94. The van der Waals surface area contributed by atoms with Crippen molar-refractivity contribution in [1.29, 1.82) is 0 Å². The third-order valence-corrected chi connectivity index (χ3v) is 7.98. The lowest BCUT2D eigenvalue weighted by atomic mass is 9.48. The summed E-state index contributed by atoms with van der Waals surface area (Å²) in [6, 6.07) is 4.02. The maximum atomic E-state index is 12.4. The van der Waals surface area contributed by atoms with E-state index in [2.05, 4.69) is 17.3 Å². The van der Waals surface area contributed by atoms with Gasteiger partial charge in [0.15, 0.2) is 11.5 Å². The minimum absolute atomic E-state index is 0.0300. The van der Waals surface area contributed by atoms with Gasteiger partial charge in [-0.2, -0.15) is 0 Å². The van der Waals surface area contributed by atoms with Crippen LogP contribution in [0.2, 0.25) is 0 Å². The number of phenols is 1. The number of rotatable bonds is 4. The van der Waals surface area contributed by atoms with Crippen molar-refractivity contribution in [1.82, 2.24) is 10.2 Å². The lowest BCUT2D eigenvalue weighted by molar-refractivity contribution is -0.203. The molecule has 2 heterocycles. The number of likely N-dealkylation sites (N-methyl/N-ethyl adjacent to an activating group) is 1. The zero-order valence-electron chi connectivity index (χ0n) is 19.2. The summed E-state index contributed by atoms with van der Waals surface area (Å²) in [5.74, 6) is 0.534. The fourth-order valence-corrected chi connectivity index (χ4v) is 6.94. The summed E-state index contributed by atoms with van der Waals surface area (Å²) in [6.45, 7) is 6.71. The van der Waals surface area contributed by atoms with Crippen LogP contribution in [-0.2, 0) is 26.1 Å². The standard InChI is InChI=1S/C24H34N2O5/c1-22(2,3)31-18(28)13-25-15-8-9-24(29-5)17-12-14-6-7-16(27)20-19(14)23(24,21(15)30-20)10-11-26(17)4/h6-7,15,17,21,25,27H,8-13H2,1-5H3/t15?,17-,21?,23+,24-/m1/s1. The normalized spacial score (nSPS) is 36.0. The van der Waals surface area contributed by atoms with E-state index in [-0.39, 0.29) is 47.5 Å². The van der Waals surface area contributed by atoms with Crippen LogP contribution in [0.5, 0.6) is 11.5 Å². The van der Waals surface area contributed by atoms with E-state index in [9.17, 15) is 9.90 Å². The quantitative estimate of drug-likeness (QED) is 0.709. The first kappa shape index (κ1) is 21.0. The number of carbonyl (C=O) groups is 1. The molecule has 5 rings (SSSR count). The van der Waals surface area contributed by atoms with Gasteiger partial charge in [-0.05, 0) is 71.7 Å². The molecule has 2 unspecified atom stereocenters. The number of likely N-dealkylation sites (tertiary alicyclic amines) is 1. The van der Waals surface area contributed by atoms with Gasteiger partial charge < -0.3 is 29.5 Å². The van der Waals surface area contributed by atoms with Crippen LogP contribution in [0, 0.1) is 0 Å². The Morgan fingerprint density at radius 1 is 1.35 bits per heavy atom. The summed E-state index contributed by atoms with van der Waals surface area (Å²) in [5.41, 5.74) is 1.14. The van der Waals surface area contributed by atoms with Gasteiger partial charge in [0.2, 0.25) is 0 Å². The Kier molecular flexibility index (Phi) is 4.64. The van der Waals surface area contributed by atoms with Gasteiger partial charge in [0, 0.05) is 24.8 Å². The number of aromatic hydroxyl groups is 1. The van der Waals surface area contributed by atoms with E-state index in [0.717, 1.165) is 37.8 Å². The van der Waals surface area contributed by atoms with Gasteiger partial charge in [-0.1, -0.05) is 6.07 Å². The molecule has 2 bridgehead atoms. The molecule has 170 valence electrons. The average molecular weight is 431 g/mol. The van der Waals surface area contributed by atoms with Gasteiger partial charge in [-0.15, -0.1) is 0 Å². The summed E-state index contributed by atoms with van der Waals surface area (Å²) in [6.07, 6.45) is 3.28. The highest BCUT2D eigenvalue weighted by Gasteiger charge is 2.73. The zero-order valence-corrected chi connectivity index (χ0v) is 19.2. The number of nitrogens with zero attached hydrogens (tertiary/aromatic N) is 1. The Morgan fingerprint density at radius 3 is 2.84 bits per heavy atom. The van der Waals surface area contributed by atoms with E-state index in [4.69, 9.17) is 14.2 Å². The van der Waals surface area contributed by atoms with Gasteiger partial charge in [-0.25, -0.2) is 0 Å². The Balaban J connectivity index is 1.54. The maximum absolute atomic E-state index is 12.4. The maximum Gasteiger partial charge on any atom is 0.320 e. The largest absolute Gasteiger partial charge is 0.504 e. The van der Waals surface area contributed by atoms with Crippen LogP contribution in [0.15, 0.2) is 12.1 Å². The van der Waals surface area contributed by atoms with Crippen LogP contribution in [0.3, 0.4) is 0 Å². The number of methoxy groups -OCH3 is 1. The predicted molar refractivity (Wildman–Crippen MR) is 116 cm³/mol. The molecule has 2 N–H and O–H groups in total. The number of carbonyl (C=O) groups excluding carboxylic acids is 1. The summed E-state index contributed by atoms with van der Waals surface area (Å²) in [5, 5.41) is 14.1. The lowest BCUT2D eigenvalue weighted by Gasteiger charge is -2.65. The smallest absolute Gasteiger partial charge is 0.320 e. The first-order valence-corrected chi connectivity index (χ1v) is 11.4. The second-order valence-corrected chi connectivity index (χ2v) is 10.6. The molecule has 0 radical (unpaired) electrons. The van der Waals surface area contributed by atoms with Crippen LogP contribution in [0.1, 0.15) is 51.2 Å². The summed E-state index contributed by atoms with van der Waals surface area (Å²) < 4.78 is 18.5. The van der Waals surface area contributed by atoms with E-state index in [1.807, 2.05) is 33.9 Å². The van der Waals surface area contributed by atoms with Crippen LogP contribution in [-0.4, -0.2) is 72.6 Å². The number of piperidine rings is 1. The average Bonchev–Trinajstić information content (AvgIpc) is 3.05. The number of benzene rings is 1. The second kappa shape index (κ2) is 6.83. The zero-order chi connectivity index (χ0) is 22.2. The molecule has 0 aromatic heterocycles. The minimum atomic E-state index is -0.513. The molecular weight excluding hydrogens is 396 g/mol. The molecule has 0 amide bonds. The van der Waals surface area contributed by atoms with Gasteiger partial charge in [0.1, 0.15) is 11.7 Å². The molecule has 7 heteroatoms. The molecule has 2 aliphatic carbocycles. The fraction of sp³-hybridized carbons (Fsp3) is 0.708. The number of hydrogen-bond acceptors (Lipinski definition) is 7. The predicted octanol–water partition coefficient (Wildman–Crippen LogP) is 2.13. The van der Waals surface area contributed by atoms with Crippen molar-refractivity contribution < 1.29 is 24.1 Å². The molecule has 1 spiro atoms. The molecule has 1 aromatic carbocycles. The van der Waals surface area contributed by atoms with E-state index in [1.54, 1.807) is 6.07 Å². The van der Waals surface area contributed by atoms with Gasteiger partial charge >= 0.3 is 5.97 Å². The minimum Gasteiger partial charge on any atom is -0.504 e. The topological polar surface area (TPSA) is 80.3 Å². The monoisotopic (exact) mass is 430 g/mol. The molecule has 1 saturated heterocycles. The van der Waals surface area contributed by atoms with Crippen LogP contribution < -0.4 is 10.1 Å². The first-order chi connectivity index (χ1) is 14.6. The third kappa shape index (κ3) is 2.79. The van der Waals surface area contributed by atoms with Crippen molar-refractivity contribution in [2.75, 3.05) is 27.2 Å². The lowest BCUT2D eigenvalue weighted by Crippen LogP contribution is -2.78. The van der Waals surface area contributed by atoms with Crippen molar-refractivity contribution in [3.05, 3.63) is 23.3 Å². The Morgan fingerprint density at radius 2 is 2.13 bits per heavy atom. The number of ether oxygens (including phenoxy) is 3. The molecular formula is C24H34N2O5. The van der Waals surface area contributed by atoms with Gasteiger partial charge in [0.25, 0.3) is 0 Å². The van der Waals surface area contributed by atoms with E-state index in [0.29, 0.717) is 5.75 Å². The Bertz CT molecular complexity index is 912. The second-order valence-electron chi connectivity index (χ2n) is 10.6. The Hall–Kier alpha value is -1.83. The molecule has 7 nitrogen and oxygen atoms in total. The number of phenolic OH excluding ortho intramolecular Hbond substituents is 1. The van der Waals surface area contributed by atoms with Crippen molar-refractivity contribution in [3.8, 4) is 11.5 Å². The van der Waals surface area contributed by atoms with Crippen LogP contribution in [0.25, 0.3) is 0 Å². The summed E-state index contributed by atoms with van der Waals surface area (Å²) in [4.78, 5) is 14.8. The van der Waals surface area contributed by atoms with Crippen molar-refractivity contribution >= 4 is 5.97 Å². The SMILES string of the molecule is CO[C@@]12CCC(NCC(=O)OC(C)(C)C)C3Oc4c(O)ccc5c4[C@@]31CCN(C)[C@@H]2C5. The number of esters is 1. The number of nitrogens with one attached hydrogen (secondary N) is 1. The highest BCUT2D eigenvalue weighted by Crippen LogP contribution is 2.66. The molecule has 4 aliphatic rings. The summed E-state index contributed by atoms with van der Waals surface area (Å²) >= 11 is 0. The third-order valence-electron chi connectivity index (χ3n) is 7.98. The van der Waals surface area contributed by atoms with Gasteiger partial charge in [0.05, 0.1) is 17.6 Å². The molecule has 31 heavy (non-hydrogen) atoms. The van der Waals surface area contributed by atoms with Crippen LogP contribution >= 0.6 is 0 Å². The first-order valence-electron chi connectivity index (χ1n) is 11.4. The molecule has 2 aliphatic heterocycles. The van der Waals surface area contributed by atoms with Crippen LogP contribution in [0.4, 0.5) is 0 Å². The highest BCUT2D eigenvalue weighted by molar-refractivity contribution is 5.72. The molecule has 1 saturated carbocycles. The molecule has 2 fully saturated rings. The molecule has 5 atom stereocenters. The van der Waals surface area contributed by atoms with Crippen molar-refractivity contribution in [2.45, 2.75) is 81.3 Å².